The summed E-state index contributed by atoms with van der Waals surface area (Å²) in [5.74, 6) is 1.65. The molecule has 0 spiro atoms. The third-order valence-corrected chi connectivity index (χ3v) is 3.30. The van der Waals surface area contributed by atoms with Crippen molar-refractivity contribution in [2.75, 3.05) is 19.5 Å². The van der Waals surface area contributed by atoms with E-state index in [0.717, 1.165) is 41.7 Å². The number of benzene rings is 1. The van der Waals surface area contributed by atoms with Crippen LogP contribution in [0.2, 0.25) is 5.02 Å². The molecule has 0 saturated heterocycles. The van der Waals surface area contributed by atoms with Gasteiger partial charge in [-0.1, -0.05) is 24.4 Å². The van der Waals surface area contributed by atoms with Gasteiger partial charge in [0.15, 0.2) is 0 Å². The summed E-state index contributed by atoms with van der Waals surface area (Å²) in [6.45, 7) is 1.80. The first-order chi connectivity index (χ1) is 8.77. The van der Waals surface area contributed by atoms with Gasteiger partial charge in [0.25, 0.3) is 0 Å². The van der Waals surface area contributed by atoms with E-state index in [0.29, 0.717) is 0 Å². The molecule has 0 aliphatic heterocycles. The van der Waals surface area contributed by atoms with E-state index in [1.807, 2.05) is 18.2 Å². The first-order valence-electron chi connectivity index (χ1n) is 6.37. The summed E-state index contributed by atoms with van der Waals surface area (Å²) in [6.07, 6.45) is 4.74. The summed E-state index contributed by atoms with van der Waals surface area (Å²) in [7, 11) is 1.68. The largest absolute Gasteiger partial charge is 0.496 e. The van der Waals surface area contributed by atoms with Gasteiger partial charge in [0.2, 0.25) is 0 Å². The fourth-order valence-electron chi connectivity index (χ4n) is 1.81. The first-order valence-corrected chi connectivity index (χ1v) is 7.28. The van der Waals surface area contributed by atoms with Crippen LogP contribution in [-0.2, 0) is 6.54 Å². The Bertz CT molecular complexity index is 345. The van der Waals surface area contributed by atoms with Gasteiger partial charge >= 0.3 is 0 Å². The van der Waals surface area contributed by atoms with Crippen molar-refractivity contribution < 1.29 is 4.74 Å². The minimum absolute atomic E-state index is 0.745. The molecule has 0 saturated carbocycles. The predicted octanol–water partition coefficient (Wildman–Crippen LogP) is 4.24. The fourth-order valence-corrected chi connectivity index (χ4v) is 2.19. The van der Waals surface area contributed by atoms with Crippen molar-refractivity contribution in [3.8, 4) is 5.75 Å². The van der Waals surface area contributed by atoms with Gasteiger partial charge in [0.05, 0.1) is 7.11 Å². The van der Waals surface area contributed by atoms with Gasteiger partial charge < -0.3 is 10.1 Å². The molecule has 0 aliphatic rings. The molecule has 0 aliphatic carbocycles. The minimum Gasteiger partial charge on any atom is -0.496 e. The highest BCUT2D eigenvalue weighted by Crippen LogP contribution is 2.22. The molecule has 0 radical (unpaired) electrons. The molecule has 0 bridgehead atoms. The summed E-state index contributed by atoms with van der Waals surface area (Å²) in [6, 6.07) is 5.69. The summed E-state index contributed by atoms with van der Waals surface area (Å²) < 4.78 is 5.30. The van der Waals surface area contributed by atoms with Crippen LogP contribution in [0.15, 0.2) is 18.2 Å². The second-order valence-electron chi connectivity index (χ2n) is 4.24. The number of unbranched alkanes of at least 4 members (excludes halogenated alkanes) is 3. The number of methoxy groups -OCH3 is 1. The van der Waals surface area contributed by atoms with Crippen LogP contribution in [0.3, 0.4) is 0 Å². The first kappa shape index (κ1) is 15.6. The Morgan fingerprint density at radius 1 is 1.17 bits per heavy atom. The van der Waals surface area contributed by atoms with Crippen LogP contribution in [0.1, 0.15) is 31.2 Å². The number of hydrogen-bond donors (Lipinski definition) is 1. The number of nitrogens with one attached hydrogen (secondary N) is 1. The number of alkyl halides is 1. The molecule has 2 nitrogen and oxygen atoms in total. The van der Waals surface area contributed by atoms with Gasteiger partial charge in [0.1, 0.15) is 5.75 Å². The molecule has 18 heavy (non-hydrogen) atoms. The molecule has 1 N–H and O–H groups in total. The molecule has 0 amide bonds. The lowest BCUT2D eigenvalue weighted by Crippen LogP contribution is -2.15. The Kier molecular flexibility index (Phi) is 8.23. The van der Waals surface area contributed by atoms with Crippen molar-refractivity contribution >= 4 is 23.2 Å². The van der Waals surface area contributed by atoms with Crippen molar-refractivity contribution in [1.29, 1.82) is 0 Å². The van der Waals surface area contributed by atoms with Gasteiger partial charge in [-0.15, -0.1) is 11.6 Å². The summed E-state index contributed by atoms with van der Waals surface area (Å²) in [4.78, 5) is 0. The number of hydrogen-bond acceptors (Lipinski definition) is 2. The molecule has 1 aromatic rings. The van der Waals surface area contributed by atoms with E-state index < -0.39 is 0 Å². The van der Waals surface area contributed by atoms with E-state index in [2.05, 4.69) is 5.32 Å². The lowest BCUT2D eigenvalue weighted by atomic mass is 10.2. The van der Waals surface area contributed by atoms with Gasteiger partial charge in [0, 0.05) is 23.0 Å². The fraction of sp³-hybridized carbons (Fsp3) is 0.571. The molecule has 4 heteroatoms. The molecule has 0 aromatic heterocycles. The predicted molar refractivity (Wildman–Crippen MR) is 78.9 cm³/mol. The van der Waals surface area contributed by atoms with Crippen molar-refractivity contribution in [2.45, 2.75) is 32.2 Å². The topological polar surface area (TPSA) is 21.3 Å². The summed E-state index contributed by atoms with van der Waals surface area (Å²) in [5.41, 5.74) is 1.10. The SMILES string of the molecule is COc1ccc(Cl)cc1CNCCCCCCCl. The Hall–Kier alpha value is -0.440. The molecule has 1 rings (SSSR count). The Labute approximate surface area is 120 Å². The zero-order chi connectivity index (χ0) is 13.2. The lowest BCUT2D eigenvalue weighted by Gasteiger charge is -2.10. The monoisotopic (exact) mass is 289 g/mol. The van der Waals surface area contributed by atoms with E-state index in [4.69, 9.17) is 27.9 Å². The summed E-state index contributed by atoms with van der Waals surface area (Å²) >= 11 is 11.6. The third kappa shape index (κ3) is 5.94. The smallest absolute Gasteiger partial charge is 0.123 e. The van der Waals surface area contributed by atoms with Crippen LogP contribution in [0.5, 0.6) is 5.75 Å². The van der Waals surface area contributed by atoms with Crippen molar-refractivity contribution in [2.24, 2.45) is 0 Å². The number of rotatable bonds is 9. The highest BCUT2D eigenvalue weighted by molar-refractivity contribution is 6.30. The molecule has 1 aromatic carbocycles. The standard InChI is InChI=1S/C14H21Cl2NO/c1-18-14-7-6-13(16)10-12(14)11-17-9-5-3-2-4-8-15/h6-7,10,17H,2-5,8-9,11H2,1H3. The zero-order valence-corrected chi connectivity index (χ0v) is 12.4. The maximum atomic E-state index is 5.98. The van der Waals surface area contributed by atoms with Crippen LogP contribution < -0.4 is 10.1 Å². The molecule has 102 valence electrons. The Morgan fingerprint density at radius 3 is 2.67 bits per heavy atom. The van der Waals surface area contributed by atoms with Gasteiger partial charge in [-0.05, 0) is 37.6 Å². The van der Waals surface area contributed by atoms with Gasteiger partial charge in [-0.25, -0.2) is 0 Å². The maximum absolute atomic E-state index is 5.98. The zero-order valence-electron chi connectivity index (χ0n) is 10.8. The quantitative estimate of drug-likeness (QED) is 0.542. The van der Waals surface area contributed by atoms with Crippen molar-refractivity contribution in [3.05, 3.63) is 28.8 Å². The molecule has 0 atom stereocenters. The van der Waals surface area contributed by atoms with E-state index in [9.17, 15) is 0 Å². The lowest BCUT2D eigenvalue weighted by molar-refractivity contribution is 0.407. The third-order valence-electron chi connectivity index (χ3n) is 2.80. The number of ether oxygens (including phenoxy) is 1. The Balaban J connectivity index is 2.24. The second-order valence-corrected chi connectivity index (χ2v) is 5.05. The van der Waals surface area contributed by atoms with Crippen LogP contribution in [0, 0.1) is 0 Å². The minimum atomic E-state index is 0.745. The van der Waals surface area contributed by atoms with E-state index in [1.54, 1.807) is 7.11 Å². The van der Waals surface area contributed by atoms with E-state index in [-0.39, 0.29) is 0 Å². The van der Waals surface area contributed by atoms with Crippen LogP contribution in [-0.4, -0.2) is 19.5 Å². The molecule has 0 heterocycles. The van der Waals surface area contributed by atoms with Crippen LogP contribution in [0.25, 0.3) is 0 Å². The molecular formula is C14H21Cl2NO. The highest BCUT2D eigenvalue weighted by atomic mass is 35.5. The summed E-state index contributed by atoms with van der Waals surface area (Å²) in [5, 5.41) is 4.15. The normalized spacial score (nSPS) is 10.6. The Morgan fingerprint density at radius 2 is 1.94 bits per heavy atom. The van der Waals surface area contributed by atoms with Crippen LogP contribution >= 0.6 is 23.2 Å². The van der Waals surface area contributed by atoms with Crippen molar-refractivity contribution in [3.63, 3.8) is 0 Å². The van der Waals surface area contributed by atoms with E-state index >= 15 is 0 Å². The molecule has 0 fully saturated rings. The van der Waals surface area contributed by atoms with Gasteiger partial charge in [-0.2, -0.15) is 0 Å². The maximum Gasteiger partial charge on any atom is 0.123 e. The van der Waals surface area contributed by atoms with Crippen molar-refractivity contribution in [1.82, 2.24) is 5.32 Å². The highest BCUT2D eigenvalue weighted by Gasteiger charge is 2.03. The van der Waals surface area contributed by atoms with Gasteiger partial charge in [-0.3, -0.25) is 0 Å². The van der Waals surface area contributed by atoms with E-state index in [1.165, 1.54) is 19.3 Å². The molecular weight excluding hydrogens is 269 g/mol. The molecule has 0 unspecified atom stereocenters. The second kappa shape index (κ2) is 9.48. The average molecular weight is 290 g/mol. The average Bonchev–Trinajstić information content (AvgIpc) is 2.38. The van der Waals surface area contributed by atoms with Crippen LogP contribution in [0.4, 0.5) is 0 Å². The number of halogens is 2.